The van der Waals surface area contributed by atoms with Crippen molar-refractivity contribution in [2.75, 3.05) is 11.9 Å². The standard InChI is InChI=1S/C9H15ClN2S/c1-7(11)3-2-6-12-9-5-4-8(10)13-9/h4-5,7,12H,2-3,6,11H2,1H3. The van der Waals surface area contributed by atoms with Gasteiger partial charge in [0.15, 0.2) is 0 Å². The second kappa shape index (κ2) is 5.47. The molecule has 0 saturated heterocycles. The molecule has 0 saturated carbocycles. The molecule has 0 aliphatic rings. The van der Waals surface area contributed by atoms with E-state index >= 15 is 0 Å². The Morgan fingerprint density at radius 3 is 2.92 bits per heavy atom. The lowest BCUT2D eigenvalue weighted by Gasteiger charge is -2.05. The summed E-state index contributed by atoms with van der Waals surface area (Å²) in [5.74, 6) is 0. The molecule has 1 rings (SSSR count). The average molecular weight is 219 g/mol. The van der Waals surface area contributed by atoms with Gasteiger partial charge in [0.25, 0.3) is 0 Å². The Labute approximate surface area is 88.1 Å². The van der Waals surface area contributed by atoms with Gasteiger partial charge < -0.3 is 11.1 Å². The second-order valence-electron chi connectivity index (χ2n) is 3.15. The molecule has 13 heavy (non-hydrogen) atoms. The highest BCUT2D eigenvalue weighted by Gasteiger charge is 1.97. The highest BCUT2D eigenvalue weighted by molar-refractivity contribution is 7.19. The van der Waals surface area contributed by atoms with Crippen molar-refractivity contribution < 1.29 is 0 Å². The fraction of sp³-hybridized carbons (Fsp3) is 0.556. The smallest absolute Gasteiger partial charge is 0.0950 e. The van der Waals surface area contributed by atoms with E-state index in [0.717, 1.165) is 28.7 Å². The van der Waals surface area contributed by atoms with Gasteiger partial charge >= 0.3 is 0 Å². The van der Waals surface area contributed by atoms with Crippen molar-refractivity contribution in [3.8, 4) is 0 Å². The van der Waals surface area contributed by atoms with Crippen LogP contribution in [0.1, 0.15) is 19.8 Å². The number of thiophene rings is 1. The zero-order valence-electron chi connectivity index (χ0n) is 7.72. The van der Waals surface area contributed by atoms with Gasteiger partial charge in [-0.15, -0.1) is 11.3 Å². The SMILES string of the molecule is CC(N)CCCNc1ccc(Cl)s1. The van der Waals surface area contributed by atoms with Crippen molar-refractivity contribution in [1.29, 1.82) is 0 Å². The summed E-state index contributed by atoms with van der Waals surface area (Å²) in [6.45, 7) is 3.00. The van der Waals surface area contributed by atoms with E-state index in [1.165, 1.54) is 0 Å². The number of anilines is 1. The average Bonchev–Trinajstić information content (AvgIpc) is 2.45. The highest BCUT2D eigenvalue weighted by Crippen LogP contribution is 2.25. The molecule has 3 N–H and O–H groups in total. The van der Waals surface area contributed by atoms with E-state index < -0.39 is 0 Å². The Morgan fingerprint density at radius 2 is 2.38 bits per heavy atom. The number of rotatable bonds is 5. The minimum absolute atomic E-state index is 0.300. The first-order valence-corrected chi connectivity index (χ1v) is 5.62. The van der Waals surface area contributed by atoms with E-state index in [1.54, 1.807) is 11.3 Å². The molecule has 0 fully saturated rings. The number of hydrogen-bond acceptors (Lipinski definition) is 3. The van der Waals surface area contributed by atoms with Gasteiger partial charge in [0.1, 0.15) is 0 Å². The van der Waals surface area contributed by atoms with E-state index in [1.807, 2.05) is 19.1 Å². The molecule has 0 spiro atoms. The molecule has 0 radical (unpaired) electrons. The summed E-state index contributed by atoms with van der Waals surface area (Å²) in [7, 11) is 0. The van der Waals surface area contributed by atoms with Gasteiger partial charge in [-0.3, -0.25) is 0 Å². The van der Waals surface area contributed by atoms with E-state index in [4.69, 9.17) is 17.3 Å². The Bertz CT molecular complexity index is 248. The fourth-order valence-corrected chi connectivity index (χ4v) is 2.01. The van der Waals surface area contributed by atoms with Crippen molar-refractivity contribution in [2.24, 2.45) is 5.73 Å². The van der Waals surface area contributed by atoms with E-state index in [9.17, 15) is 0 Å². The van der Waals surface area contributed by atoms with Gasteiger partial charge in [0.2, 0.25) is 0 Å². The molecule has 1 heterocycles. The van der Waals surface area contributed by atoms with Crippen LogP contribution in [0.4, 0.5) is 5.00 Å². The molecule has 74 valence electrons. The molecular weight excluding hydrogens is 204 g/mol. The molecule has 4 heteroatoms. The zero-order valence-corrected chi connectivity index (χ0v) is 9.29. The lowest BCUT2D eigenvalue weighted by atomic mass is 10.2. The minimum Gasteiger partial charge on any atom is -0.377 e. The molecule has 1 unspecified atom stereocenters. The van der Waals surface area contributed by atoms with Crippen LogP contribution in [-0.2, 0) is 0 Å². The second-order valence-corrected chi connectivity index (χ2v) is 4.87. The van der Waals surface area contributed by atoms with Crippen LogP contribution in [0.15, 0.2) is 12.1 Å². The summed E-state index contributed by atoms with van der Waals surface area (Å²) in [4.78, 5) is 0. The van der Waals surface area contributed by atoms with Gasteiger partial charge in [-0.1, -0.05) is 11.6 Å². The molecule has 1 aromatic heterocycles. The van der Waals surface area contributed by atoms with Crippen LogP contribution < -0.4 is 11.1 Å². The van der Waals surface area contributed by atoms with Crippen LogP contribution in [0.5, 0.6) is 0 Å². The quantitative estimate of drug-likeness (QED) is 0.746. The summed E-state index contributed by atoms with van der Waals surface area (Å²) in [6.07, 6.45) is 2.17. The number of halogens is 1. The summed E-state index contributed by atoms with van der Waals surface area (Å²) in [6, 6.07) is 4.20. The van der Waals surface area contributed by atoms with Crippen molar-refractivity contribution in [1.82, 2.24) is 0 Å². The third-order valence-corrected chi connectivity index (χ3v) is 2.90. The normalized spacial score (nSPS) is 12.8. The first-order chi connectivity index (χ1) is 6.18. The van der Waals surface area contributed by atoms with Crippen LogP contribution in [-0.4, -0.2) is 12.6 Å². The molecule has 0 aliphatic carbocycles. The van der Waals surface area contributed by atoms with Crippen LogP contribution in [0.25, 0.3) is 0 Å². The third-order valence-electron chi connectivity index (χ3n) is 1.71. The van der Waals surface area contributed by atoms with E-state index in [0.29, 0.717) is 6.04 Å². The molecular formula is C9H15ClN2S. The maximum absolute atomic E-state index is 5.78. The predicted octanol–water partition coefficient (Wildman–Crippen LogP) is 2.94. The highest BCUT2D eigenvalue weighted by atomic mass is 35.5. The Hall–Kier alpha value is -0.250. The number of nitrogens with one attached hydrogen (secondary N) is 1. The maximum Gasteiger partial charge on any atom is 0.0950 e. The lowest BCUT2D eigenvalue weighted by molar-refractivity contribution is 0.639. The monoisotopic (exact) mass is 218 g/mol. The largest absolute Gasteiger partial charge is 0.377 e. The molecule has 0 aliphatic heterocycles. The van der Waals surface area contributed by atoms with Crippen molar-refractivity contribution in [2.45, 2.75) is 25.8 Å². The Kier molecular flexibility index (Phi) is 4.56. The zero-order chi connectivity index (χ0) is 9.68. The van der Waals surface area contributed by atoms with Crippen LogP contribution >= 0.6 is 22.9 Å². The van der Waals surface area contributed by atoms with E-state index in [-0.39, 0.29) is 0 Å². The summed E-state index contributed by atoms with van der Waals surface area (Å²) >= 11 is 7.35. The topological polar surface area (TPSA) is 38.0 Å². The predicted molar refractivity (Wildman–Crippen MR) is 60.7 cm³/mol. The van der Waals surface area contributed by atoms with Crippen molar-refractivity contribution in [3.63, 3.8) is 0 Å². The van der Waals surface area contributed by atoms with Crippen LogP contribution in [0.2, 0.25) is 4.34 Å². The van der Waals surface area contributed by atoms with Gasteiger partial charge in [-0.25, -0.2) is 0 Å². The first-order valence-electron chi connectivity index (χ1n) is 4.43. The summed E-state index contributed by atoms with van der Waals surface area (Å²) in [5, 5.41) is 4.43. The molecule has 0 amide bonds. The molecule has 2 nitrogen and oxygen atoms in total. The van der Waals surface area contributed by atoms with Gasteiger partial charge in [0, 0.05) is 12.6 Å². The fourth-order valence-electron chi connectivity index (χ4n) is 1.04. The lowest BCUT2D eigenvalue weighted by Crippen LogP contribution is -2.15. The van der Waals surface area contributed by atoms with Gasteiger partial charge in [0.05, 0.1) is 9.34 Å². The minimum atomic E-state index is 0.300. The van der Waals surface area contributed by atoms with E-state index in [2.05, 4.69) is 5.32 Å². The number of nitrogens with two attached hydrogens (primary N) is 1. The number of hydrogen-bond donors (Lipinski definition) is 2. The Balaban J connectivity index is 2.13. The summed E-state index contributed by atoms with van der Waals surface area (Å²) < 4.78 is 0.828. The molecule has 0 aromatic carbocycles. The van der Waals surface area contributed by atoms with Gasteiger partial charge in [-0.05, 0) is 31.9 Å². The first kappa shape index (κ1) is 10.8. The van der Waals surface area contributed by atoms with Gasteiger partial charge in [-0.2, -0.15) is 0 Å². The van der Waals surface area contributed by atoms with Crippen LogP contribution in [0, 0.1) is 0 Å². The third kappa shape index (κ3) is 4.50. The van der Waals surface area contributed by atoms with Crippen LogP contribution in [0.3, 0.4) is 0 Å². The van der Waals surface area contributed by atoms with Crippen molar-refractivity contribution in [3.05, 3.63) is 16.5 Å². The summed E-state index contributed by atoms with van der Waals surface area (Å²) in [5.41, 5.74) is 5.63. The molecule has 1 aromatic rings. The molecule has 1 atom stereocenters. The maximum atomic E-state index is 5.78. The van der Waals surface area contributed by atoms with Crippen molar-refractivity contribution >= 4 is 27.9 Å². The Morgan fingerprint density at radius 1 is 1.62 bits per heavy atom. The molecule has 0 bridgehead atoms.